The highest BCUT2D eigenvalue weighted by molar-refractivity contribution is 7.91. The third-order valence-corrected chi connectivity index (χ3v) is 6.60. The molecule has 0 unspecified atom stereocenters. The number of benzene rings is 1. The van der Waals surface area contributed by atoms with Gasteiger partial charge in [0.1, 0.15) is 11.0 Å². The predicted octanol–water partition coefficient (Wildman–Crippen LogP) is 2.63. The van der Waals surface area contributed by atoms with Gasteiger partial charge in [-0.25, -0.2) is 18.4 Å². The molecule has 4 rings (SSSR count). The van der Waals surface area contributed by atoms with E-state index in [-0.39, 0.29) is 16.5 Å². The molecule has 8 nitrogen and oxygen atoms in total. The fourth-order valence-corrected chi connectivity index (χ4v) is 5.02. The fraction of sp³-hybridized carbons (Fsp3) is 0.381. The zero-order valence-electron chi connectivity index (χ0n) is 17.0. The summed E-state index contributed by atoms with van der Waals surface area (Å²) in [5.74, 6) is 0.558. The second-order valence-corrected chi connectivity index (χ2v) is 9.51. The summed E-state index contributed by atoms with van der Waals surface area (Å²) in [6.07, 6.45) is 7.60. The minimum atomic E-state index is -3.59. The van der Waals surface area contributed by atoms with Crippen molar-refractivity contribution in [2.24, 2.45) is 0 Å². The average Bonchev–Trinajstić information content (AvgIpc) is 3.16. The Kier molecular flexibility index (Phi) is 5.45. The number of nitrogens with zero attached hydrogens (tertiary/aromatic N) is 3. The molecule has 0 radical (unpaired) electrons. The third-order valence-electron chi connectivity index (χ3n) is 5.43. The smallest absolute Gasteiger partial charge is 0.223 e. The summed E-state index contributed by atoms with van der Waals surface area (Å²) in [6.45, 7) is 3.93. The molecule has 1 aliphatic heterocycles. The van der Waals surface area contributed by atoms with Crippen LogP contribution in [0.3, 0.4) is 0 Å². The number of aromatic nitrogens is 3. The Labute approximate surface area is 175 Å². The number of piperidine rings is 1. The lowest BCUT2D eigenvalue weighted by atomic mass is 10.0. The number of nitriles is 1. The minimum absolute atomic E-state index is 0.0208. The first-order chi connectivity index (χ1) is 14.4. The number of hydrogen-bond acceptors (Lipinski definition) is 7. The standard InChI is InChI=1S/C21H24N6O2S/c1-3-13-10-25-21(26-15-5-4-8-23-11-15)27-18(13)17-12-24-19-16(17)7-6-14(9-22)20(19)30(2,28)29/h6-7,10,12,15,23-24H,3-5,8,11H2,1-2H3,(H,25,26,27)/t15-/m0/s1. The van der Waals surface area contributed by atoms with Crippen molar-refractivity contribution in [3.63, 3.8) is 0 Å². The second kappa shape index (κ2) is 8.05. The molecule has 0 bridgehead atoms. The Morgan fingerprint density at radius 3 is 2.87 bits per heavy atom. The van der Waals surface area contributed by atoms with Crippen molar-refractivity contribution in [1.29, 1.82) is 5.26 Å². The van der Waals surface area contributed by atoms with Crippen molar-refractivity contribution in [2.45, 2.75) is 37.1 Å². The van der Waals surface area contributed by atoms with Crippen LogP contribution in [0.4, 0.5) is 5.95 Å². The van der Waals surface area contributed by atoms with Crippen molar-refractivity contribution in [2.75, 3.05) is 24.7 Å². The summed E-state index contributed by atoms with van der Waals surface area (Å²) in [7, 11) is -3.59. The van der Waals surface area contributed by atoms with Gasteiger partial charge in [-0.1, -0.05) is 13.0 Å². The molecule has 0 amide bonds. The molecule has 3 heterocycles. The average molecular weight is 425 g/mol. The number of anilines is 1. The molecule has 1 fully saturated rings. The van der Waals surface area contributed by atoms with Crippen LogP contribution in [0.1, 0.15) is 30.9 Å². The lowest BCUT2D eigenvalue weighted by molar-refractivity contribution is 0.478. The molecule has 1 atom stereocenters. The van der Waals surface area contributed by atoms with Gasteiger partial charge in [0, 0.05) is 42.2 Å². The maximum absolute atomic E-state index is 12.4. The van der Waals surface area contributed by atoms with Crippen LogP contribution < -0.4 is 10.6 Å². The van der Waals surface area contributed by atoms with Crippen LogP contribution in [-0.2, 0) is 16.3 Å². The van der Waals surface area contributed by atoms with Crippen LogP contribution in [0.25, 0.3) is 22.2 Å². The largest absolute Gasteiger partial charge is 0.359 e. The molecule has 3 N–H and O–H groups in total. The number of hydrogen-bond donors (Lipinski definition) is 3. The quantitative estimate of drug-likeness (QED) is 0.575. The number of fused-ring (bicyclic) bond motifs is 1. The number of aryl methyl sites for hydroxylation is 1. The van der Waals surface area contributed by atoms with Gasteiger partial charge in [-0.15, -0.1) is 0 Å². The van der Waals surface area contributed by atoms with E-state index in [1.54, 1.807) is 18.3 Å². The summed E-state index contributed by atoms with van der Waals surface area (Å²) in [5, 5.41) is 16.9. The van der Waals surface area contributed by atoms with Gasteiger partial charge >= 0.3 is 0 Å². The van der Waals surface area contributed by atoms with Crippen molar-refractivity contribution < 1.29 is 8.42 Å². The maximum Gasteiger partial charge on any atom is 0.223 e. The Balaban J connectivity index is 1.83. The third kappa shape index (κ3) is 3.76. The summed E-state index contributed by atoms with van der Waals surface area (Å²) in [5.41, 5.74) is 3.08. The Morgan fingerprint density at radius 1 is 1.37 bits per heavy atom. The topological polar surface area (TPSA) is 124 Å². The van der Waals surface area contributed by atoms with Crippen molar-refractivity contribution in [3.05, 3.63) is 35.7 Å². The van der Waals surface area contributed by atoms with E-state index in [2.05, 4.69) is 20.6 Å². The SMILES string of the molecule is CCc1cnc(N[C@H]2CCCNC2)nc1-c1c[nH]c2c(S(C)(=O)=O)c(C#N)ccc12. The lowest BCUT2D eigenvalue weighted by Crippen LogP contribution is -2.38. The monoisotopic (exact) mass is 424 g/mol. The lowest BCUT2D eigenvalue weighted by Gasteiger charge is -2.24. The number of rotatable bonds is 5. The van der Waals surface area contributed by atoms with Gasteiger partial charge in [-0.3, -0.25) is 0 Å². The minimum Gasteiger partial charge on any atom is -0.359 e. The van der Waals surface area contributed by atoms with E-state index in [4.69, 9.17) is 4.98 Å². The van der Waals surface area contributed by atoms with Gasteiger partial charge in [0.2, 0.25) is 5.95 Å². The van der Waals surface area contributed by atoms with E-state index in [9.17, 15) is 13.7 Å². The summed E-state index contributed by atoms with van der Waals surface area (Å²) >= 11 is 0. The van der Waals surface area contributed by atoms with Crippen molar-refractivity contribution in [1.82, 2.24) is 20.3 Å². The van der Waals surface area contributed by atoms with E-state index >= 15 is 0 Å². The molecule has 0 saturated carbocycles. The first kappa shape index (κ1) is 20.3. The van der Waals surface area contributed by atoms with Gasteiger partial charge in [0.25, 0.3) is 0 Å². The maximum atomic E-state index is 12.4. The van der Waals surface area contributed by atoms with Crippen LogP contribution in [0.5, 0.6) is 0 Å². The van der Waals surface area contributed by atoms with Crippen molar-refractivity contribution in [3.8, 4) is 17.3 Å². The second-order valence-electron chi connectivity index (χ2n) is 7.56. The molecule has 0 spiro atoms. The van der Waals surface area contributed by atoms with Crippen LogP contribution in [0, 0.1) is 11.3 Å². The number of aromatic amines is 1. The number of H-pyrrole nitrogens is 1. The summed E-state index contributed by atoms with van der Waals surface area (Å²) < 4.78 is 24.7. The van der Waals surface area contributed by atoms with E-state index in [0.29, 0.717) is 16.9 Å². The predicted molar refractivity (Wildman–Crippen MR) is 116 cm³/mol. The normalized spacial score (nSPS) is 17.0. The zero-order chi connectivity index (χ0) is 21.3. The molecule has 156 valence electrons. The highest BCUT2D eigenvalue weighted by Gasteiger charge is 2.22. The Bertz CT molecular complexity index is 1240. The molecule has 0 aliphatic carbocycles. The first-order valence-corrected chi connectivity index (χ1v) is 11.9. The highest BCUT2D eigenvalue weighted by atomic mass is 32.2. The van der Waals surface area contributed by atoms with Crippen molar-refractivity contribution >= 4 is 26.7 Å². The van der Waals surface area contributed by atoms with E-state index in [1.807, 2.05) is 19.2 Å². The molecule has 1 aromatic carbocycles. The highest BCUT2D eigenvalue weighted by Crippen LogP contribution is 2.34. The molecule has 1 aliphatic rings. The fourth-order valence-electron chi connectivity index (χ4n) is 3.97. The molecule has 9 heteroatoms. The molecular formula is C21H24N6O2S. The Morgan fingerprint density at radius 2 is 2.20 bits per heavy atom. The Hall–Kier alpha value is -2.96. The summed E-state index contributed by atoms with van der Waals surface area (Å²) in [6, 6.07) is 5.58. The van der Waals surface area contributed by atoms with Crippen LogP contribution in [0.15, 0.2) is 29.4 Å². The van der Waals surface area contributed by atoms with E-state index in [1.165, 1.54) is 0 Å². The number of nitrogens with one attached hydrogen (secondary N) is 3. The van der Waals surface area contributed by atoms with Gasteiger partial charge in [-0.05, 0) is 37.4 Å². The van der Waals surface area contributed by atoms with Gasteiger partial charge < -0.3 is 15.6 Å². The first-order valence-electron chi connectivity index (χ1n) is 10.00. The van der Waals surface area contributed by atoms with Crippen LogP contribution in [-0.4, -0.2) is 48.8 Å². The van der Waals surface area contributed by atoms with Gasteiger partial charge in [0.15, 0.2) is 9.84 Å². The van der Waals surface area contributed by atoms with Crippen LogP contribution in [0.2, 0.25) is 0 Å². The van der Waals surface area contributed by atoms with Gasteiger partial charge in [-0.2, -0.15) is 5.26 Å². The van der Waals surface area contributed by atoms with Gasteiger partial charge in [0.05, 0.1) is 16.8 Å². The molecular weight excluding hydrogens is 400 g/mol. The molecule has 3 aromatic rings. The van der Waals surface area contributed by atoms with E-state index < -0.39 is 9.84 Å². The molecule has 2 aromatic heterocycles. The van der Waals surface area contributed by atoms with Crippen LogP contribution >= 0.6 is 0 Å². The molecule has 1 saturated heterocycles. The molecule has 30 heavy (non-hydrogen) atoms. The zero-order valence-corrected chi connectivity index (χ0v) is 17.8. The van der Waals surface area contributed by atoms with E-state index in [0.717, 1.165) is 55.4 Å². The number of sulfone groups is 1. The summed E-state index contributed by atoms with van der Waals surface area (Å²) in [4.78, 5) is 12.3.